The standard InChI is InChI=1S/C17H12Cl3N3O2/c1-25-16(24)10-4-5-11(19)15-14(10)22-17-21-7-13(23(15)17)9-3-2-8(18)6-12(9)20/h2-6,13H,7H2,1H3,(H,21,22). The Bertz CT molecular complexity index is 1020. The highest BCUT2D eigenvalue weighted by atomic mass is 35.5. The van der Waals surface area contributed by atoms with E-state index in [2.05, 4.69) is 10.3 Å². The number of esters is 1. The van der Waals surface area contributed by atoms with Crippen molar-refractivity contribution in [2.75, 3.05) is 19.0 Å². The number of hydrogen-bond donors (Lipinski definition) is 1. The molecule has 0 saturated heterocycles. The van der Waals surface area contributed by atoms with E-state index < -0.39 is 5.97 Å². The minimum Gasteiger partial charge on any atom is -0.465 e. The molecule has 8 heteroatoms. The summed E-state index contributed by atoms with van der Waals surface area (Å²) in [7, 11) is 1.33. The lowest BCUT2D eigenvalue weighted by Gasteiger charge is -2.16. The van der Waals surface area contributed by atoms with Crippen LogP contribution in [0, 0.1) is 0 Å². The second-order valence-corrected chi connectivity index (χ2v) is 6.90. The van der Waals surface area contributed by atoms with Gasteiger partial charge in [0.15, 0.2) is 0 Å². The largest absolute Gasteiger partial charge is 0.465 e. The Labute approximate surface area is 158 Å². The number of anilines is 1. The molecule has 1 aliphatic rings. The van der Waals surface area contributed by atoms with Crippen LogP contribution in [0.2, 0.25) is 15.1 Å². The molecule has 0 bridgehead atoms. The van der Waals surface area contributed by atoms with Crippen LogP contribution in [0.25, 0.3) is 11.0 Å². The summed E-state index contributed by atoms with van der Waals surface area (Å²) in [5.41, 5.74) is 2.43. The molecule has 25 heavy (non-hydrogen) atoms. The lowest BCUT2D eigenvalue weighted by Crippen LogP contribution is -2.11. The average Bonchev–Trinajstić information content (AvgIpc) is 3.14. The summed E-state index contributed by atoms with van der Waals surface area (Å²) >= 11 is 18.8. The first-order valence-electron chi connectivity index (χ1n) is 7.49. The number of nitrogens with zero attached hydrogens (tertiary/aromatic N) is 2. The van der Waals surface area contributed by atoms with Gasteiger partial charge in [-0.2, -0.15) is 0 Å². The molecule has 3 aromatic rings. The van der Waals surface area contributed by atoms with Crippen molar-refractivity contribution in [1.29, 1.82) is 0 Å². The SMILES string of the molecule is COC(=O)c1ccc(Cl)c2c1nc1n2C(c2ccc(Cl)cc2Cl)CN1. The van der Waals surface area contributed by atoms with Crippen LogP contribution in [0.1, 0.15) is 22.0 Å². The topological polar surface area (TPSA) is 56.1 Å². The fourth-order valence-corrected chi connectivity index (χ4v) is 3.94. The molecule has 1 aromatic heterocycles. The van der Waals surface area contributed by atoms with Crippen molar-refractivity contribution in [3.05, 3.63) is 56.5 Å². The molecular formula is C17H12Cl3N3O2. The fourth-order valence-electron chi connectivity index (χ4n) is 3.17. The number of nitrogens with one attached hydrogen (secondary N) is 1. The Morgan fingerprint density at radius 3 is 2.76 bits per heavy atom. The van der Waals surface area contributed by atoms with Gasteiger partial charge < -0.3 is 10.1 Å². The molecule has 0 amide bonds. The van der Waals surface area contributed by atoms with Crippen LogP contribution in [-0.4, -0.2) is 29.2 Å². The first kappa shape index (κ1) is 16.5. The van der Waals surface area contributed by atoms with E-state index in [0.717, 1.165) is 5.56 Å². The number of fused-ring (bicyclic) bond motifs is 3. The average molecular weight is 397 g/mol. The van der Waals surface area contributed by atoms with Crippen LogP contribution in [0.15, 0.2) is 30.3 Å². The van der Waals surface area contributed by atoms with E-state index >= 15 is 0 Å². The van der Waals surface area contributed by atoms with E-state index in [0.29, 0.717) is 44.2 Å². The Morgan fingerprint density at radius 1 is 1.24 bits per heavy atom. The van der Waals surface area contributed by atoms with Gasteiger partial charge in [-0.1, -0.05) is 40.9 Å². The molecule has 0 radical (unpaired) electrons. The van der Waals surface area contributed by atoms with Gasteiger partial charge in [0, 0.05) is 16.6 Å². The molecule has 4 rings (SSSR count). The highest BCUT2D eigenvalue weighted by Crippen LogP contribution is 2.40. The first-order chi connectivity index (χ1) is 12.0. The van der Waals surface area contributed by atoms with E-state index in [1.807, 2.05) is 10.6 Å². The van der Waals surface area contributed by atoms with Gasteiger partial charge in [-0.3, -0.25) is 4.57 Å². The maximum Gasteiger partial charge on any atom is 0.340 e. The summed E-state index contributed by atoms with van der Waals surface area (Å²) in [6.07, 6.45) is 0. The van der Waals surface area contributed by atoms with Crippen LogP contribution >= 0.6 is 34.8 Å². The number of imidazole rings is 1. The van der Waals surface area contributed by atoms with Gasteiger partial charge in [0.05, 0.1) is 29.3 Å². The van der Waals surface area contributed by atoms with E-state index in [1.165, 1.54) is 7.11 Å². The number of halogens is 3. The monoisotopic (exact) mass is 395 g/mol. The van der Waals surface area contributed by atoms with Crippen LogP contribution in [0.3, 0.4) is 0 Å². The summed E-state index contributed by atoms with van der Waals surface area (Å²) in [4.78, 5) is 16.6. The second kappa shape index (κ2) is 6.09. The molecule has 0 saturated carbocycles. The summed E-state index contributed by atoms with van der Waals surface area (Å²) in [5, 5.41) is 4.88. The molecule has 1 atom stereocenters. The van der Waals surface area contributed by atoms with Crippen LogP contribution in [0.4, 0.5) is 5.95 Å². The summed E-state index contributed by atoms with van der Waals surface area (Å²) in [5.74, 6) is 0.170. The third kappa shape index (κ3) is 2.54. The molecule has 1 aliphatic heterocycles. The van der Waals surface area contributed by atoms with Crippen molar-refractivity contribution in [2.24, 2.45) is 0 Å². The third-order valence-electron chi connectivity index (χ3n) is 4.28. The van der Waals surface area contributed by atoms with E-state index in [4.69, 9.17) is 39.5 Å². The van der Waals surface area contributed by atoms with Crippen molar-refractivity contribution >= 4 is 57.8 Å². The maximum atomic E-state index is 12.0. The normalized spacial score (nSPS) is 15.9. The van der Waals surface area contributed by atoms with Gasteiger partial charge >= 0.3 is 5.97 Å². The maximum absolute atomic E-state index is 12.0. The smallest absolute Gasteiger partial charge is 0.340 e. The Balaban J connectivity index is 1.95. The zero-order valence-electron chi connectivity index (χ0n) is 13.0. The third-order valence-corrected chi connectivity index (χ3v) is 5.15. The second-order valence-electron chi connectivity index (χ2n) is 5.65. The number of aromatic nitrogens is 2. The van der Waals surface area contributed by atoms with Gasteiger partial charge in [0.25, 0.3) is 0 Å². The Morgan fingerprint density at radius 2 is 2.04 bits per heavy atom. The highest BCUT2D eigenvalue weighted by Gasteiger charge is 2.31. The number of methoxy groups -OCH3 is 1. The van der Waals surface area contributed by atoms with Gasteiger partial charge in [-0.05, 0) is 29.8 Å². The molecule has 0 fully saturated rings. The lowest BCUT2D eigenvalue weighted by atomic mass is 10.1. The zero-order chi connectivity index (χ0) is 17.7. The van der Waals surface area contributed by atoms with E-state index in [-0.39, 0.29) is 6.04 Å². The zero-order valence-corrected chi connectivity index (χ0v) is 15.3. The van der Waals surface area contributed by atoms with Crippen molar-refractivity contribution < 1.29 is 9.53 Å². The quantitative estimate of drug-likeness (QED) is 0.632. The first-order valence-corrected chi connectivity index (χ1v) is 8.62. The van der Waals surface area contributed by atoms with Crippen molar-refractivity contribution in [2.45, 2.75) is 6.04 Å². The number of carbonyl (C=O) groups is 1. The van der Waals surface area contributed by atoms with E-state index in [9.17, 15) is 4.79 Å². The van der Waals surface area contributed by atoms with E-state index in [1.54, 1.807) is 24.3 Å². The van der Waals surface area contributed by atoms with Crippen molar-refractivity contribution in [1.82, 2.24) is 9.55 Å². The summed E-state index contributed by atoms with van der Waals surface area (Å²) < 4.78 is 6.80. The molecule has 1 unspecified atom stereocenters. The minimum absolute atomic E-state index is 0.116. The molecule has 0 aliphatic carbocycles. The van der Waals surface area contributed by atoms with Gasteiger partial charge in [0.2, 0.25) is 5.95 Å². The van der Waals surface area contributed by atoms with Gasteiger partial charge in [0.1, 0.15) is 5.52 Å². The highest BCUT2D eigenvalue weighted by molar-refractivity contribution is 6.36. The predicted octanol–water partition coefficient (Wildman–Crippen LogP) is 4.80. The van der Waals surface area contributed by atoms with Crippen LogP contribution < -0.4 is 5.32 Å². The summed E-state index contributed by atoms with van der Waals surface area (Å²) in [6.45, 7) is 0.610. The minimum atomic E-state index is -0.459. The van der Waals surface area contributed by atoms with Crippen molar-refractivity contribution in [3.8, 4) is 0 Å². The fraction of sp³-hybridized carbons (Fsp3) is 0.176. The number of carbonyl (C=O) groups excluding carboxylic acids is 1. The number of ether oxygens (including phenoxy) is 1. The molecule has 5 nitrogen and oxygen atoms in total. The lowest BCUT2D eigenvalue weighted by molar-refractivity contribution is 0.0603. The van der Waals surface area contributed by atoms with Crippen LogP contribution in [-0.2, 0) is 4.74 Å². The Kier molecular flexibility index (Phi) is 4.02. The predicted molar refractivity (Wildman–Crippen MR) is 99.2 cm³/mol. The van der Waals surface area contributed by atoms with Crippen molar-refractivity contribution in [3.63, 3.8) is 0 Å². The molecular weight excluding hydrogens is 385 g/mol. The molecule has 2 aromatic carbocycles. The number of hydrogen-bond acceptors (Lipinski definition) is 4. The number of benzene rings is 2. The van der Waals surface area contributed by atoms with Crippen LogP contribution in [0.5, 0.6) is 0 Å². The molecule has 2 heterocycles. The molecule has 1 N–H and O–H groups in total. The summed E-state index contributed by atoms with van der Waals surface area (Å²) in [6, 6.07) is 8.55. The van der Waals surface area contributed by atoms with Gasteiger partial charge in [-0.15, -0.1) is 0 Å². The number of rotatable bonds is 2. The molecule has 0 spiro atoms. The Hall–Kier alpha value is -1.95. The molecule has 128 valence electrons. The van der Waals surface area contributed by atoms with Gasteiger partial charge in [-0.25, -0.2) is 9.78 Å².